The van der Waals surface area contributed by atoms with Gasteiger partial charge in [-0.25, -0.2) is 4.79 Å². The van der Waals surface area contributed by atoms with Crippen LogP contribution in [0.3, 0.4) is 0 Å². The van der Waals surface area contributed by atoms with Crippen molar-refractivity contribution in [2.24, 2.45) is 0 Å². The lowest BCUT2D eigenvalue weighted by Gasteiger charge is -2.26. The number of rotatable bonds is 5. The summed E-state index contributed by atoms with van der Waals surface area (Å²) in [5, 5.41) is 8.72. The number of amides is 1. The van der Waals surface area contributed by atoms with Crippen LogP contribution in [0.15, 0.2) is 16.5 Å². The second kappa shape index (κ2) is 6.69. The van der Waals surface area contributed by atoms with Gasteiger partial charge in [0.1, 0.15) is 11.5 Å². The summed E-state index contributed by atoms with van der Waals surface area (Å²) in [5.74, 6) is -1.10. The summed E-state index contributed by atoms with van der Waals surface area (Å²) in [6.07, 6.45) is 3.13. The van der Waals surface area contributed by atoms with Crippen molar-refractivity contribution in [3.63, 3.8) is 0 Å². The first kappa shape index (κ1) is 14.8. The summed E-state index contributed by atoms with van der Waals surface area (Å²) >= 11 is 0. The maximum absolute atomic E-state index is 11.9. The van der Waals surface area contributed by atoms with E-state index < -0.39 is 16.8 Å². The quantitative estimate of drug-likeness (QED) is 0.883. The van der Waals surface area contributed by atoms with E-state index in [1.165, 1.54) is 12.1 Å². The standard InChI is InChI=1S/C13H17NO5S/c15-12(14-6-2-1-3-7-14)9-20(18)8-10-4-5-11(19-10)13(16)17/h4-5H,1-3,6-9H2,(H,16,17). The summed E-state index contributed by atoms with van der Waals surface area (Å²) in [6, 6.07) is 2.80. The smallest absolute Gasteiger partial charge is 0.371 e. The summed E-state index contributed by atoms with van der Waals surface area (Å²) in [6.45, 7) is 1.47. The maximum Gasteiger partial charge on any atom is 0.371 e. The Hall–Kier alpha value is -1.63. The van der Waals surface area contributed by atoms with Crippen molar-refractivity contribution >= 4 is 22.7 Å². The van der Waals surface area contributed by atoms with Crippen molar-refractivity contribution in [2.75, 3.05) is 18.8 Å². The first-order chi connectivity index (χ1) is 9.56. The second-order valence-electron chi connectivity index (χ2n) is 4.74. The van der Waals surface area contributed by atoms with E-state index in [9.17, 15) is 13.8 Å². The third-order valence-electron chi connectivity index (χ3n) is 3.17. The van der Waals surface area contributed by atoms with E-state index in [0.29, 0.717) is 5.76 Å². The zero-order chi connectivity index (χ0) is 14.5. The topological polar surface area (TPSA) is 87.8 Å². The molecule has 6 nitrogen and oxygen atoms in total. The molecule has 1 aliphatic rings. The Morgan fingerprint density at radius 2 is 1.95 bits per heavy atom. The van der Waals surface area contributed by atoms with E-state index in [1.807, 2.05) is 0 Å². The van der Waals surface area contributed by atoms with Gasteiger partial charge in [-0.3, -0.25) is 9.00 Å². The Labute approximate surface area is 119 Å². The minimum atomic E-state index is -1.38. The molecular weight excluding hydrogens is 282 g/mol. The van der Waals surface area contributed by atoms with Crippen molar-refractivity contribution in [1.29, 1.82) is 0 Å². The Morgan fingerprint density at radius 3 is 2.55 bits per heavy atom. The number of carbonyl (C=O) groups is 2. The Kier molecular flexibility index (Phi) is 4.94. The van der Waals surface area contributed by atoms with Gasteiger partial charge in [-0.05, 0) is 31.4 Å². The van der Waals surface area contributed by atoms with Crippen molar-refractivity contribution in [2.45, 2.75) is 25.0 Å². The molecule has 1 N–H and O–H groups in total. The van der Waals surface area contributed by atoms with Gasteiger partial charge in [-0.2, -0.15) is 0 Å². The molecular formula is C13H17NO5S. The van der Waals surface area contributed by atoms with Crippen LogP contribution in [-0.2, 0) is 21.3 Å². The van der Waals surface area contributed by atoms with E-state index in [2.05, 4.69) is 0 Å². The normalized spacial score (nSPS) is 16.9. The van der Waals surface area contributed by atoms with Crippen molar-refractivity contribution in [3.8, 4) is 0 Å². The van der Waals surface area contributed by atoms with Gasteiger partial charge in [0, 0.05) is 23.9 Å². The molecule has 1 aromatic heterocycles. The summed E-state index contributed by atoms with van der Waals surface area (Å²) in [7, 11) is -1.38. The molecule has 2 rings (SSSR count). The number of hydrogen-bond donors (Lipinski definition) is 1. The molecule has 0 bridgehead atoms. The third kappa shape index (κ3) is 3.93. The number of likely N-dealkylation sites (tertiary alicyclic amines) is 1. The average Bonchev–Trinajstić information content (AvgIpc) is 2.88. The van der Waals surface area contributed by atoms with Crippen molar-refractivity contribution in [3.05, 3.63) is 23.7 Å². The SMILES string of the molecule is O=C(O)c1ccc(CS(=O)CC(=O)N2CCCCC2)o1. The third-order valence-corrected chi connectivity index (χ3v) is 4.34. The second-order valence-corrected chi connectivity index (χ2v) is 6.20. The Bertz CT molecular complexity index is 519. The molecule has 0 radical (unpaired) electrons. The molecule has 110 valence electrons. The van der Waals surface area contributed by atoms with Crippen LogP contribution in [0.5, 0.6) is 0 Å². The molecule has 2 heterocycles. The molecule has 0 aliphatic carbocycles. The van der Waals surface area contributed by atoms with Gasteiger partial charge in [0.25, 0.3) is 0 Å². The van der Waals surface area contributed by atoms with E-state index >= 15 is 0 Å². The van der Waals surface area contributed by atoms with E-state index in [4.69, 9.17) is 9.52 Å². The number of nitrogens with zero attached hydrogens (tertiary/aromatic N) is 1. The molecule has 0 aromatic carbocycles. The minimum absolute atomic E-state index is 0.0386. The Balaban J connectivity index is 1.84. The molecule has 1 fully saturated rings. The van der Waals surface area contributed by atoms with Gasteiger partial charge in [0.05, 0.1) is 5.75 Å². The zero-order valence-electron chi connectivity index (χ0n) is 11.0. The van der Waals surface area contributed by atoms with Gasteiger partial charge < -0.3 is 14.4 Å². The molecule has 7 heteroatoms. The van der Waals surface area contributed by atoms with Gasteiger partial charge in [-0.1, -0.05) is 0 Å². The van der Waals surface area contributed by atoms with Crippen LogP contribution in [0.1, 0.15) is 35.6 Å². The first-order valence-electron chi connectivity index (χ1n) is 6.51. The summed E-state index contributed by atoms with van der Waals surface area (Å²) in [4.78, 5) is 24.3. The van der Waals surface area contributed by atoms with Crippen LogP contribution in [0, 0.1) is 0 Å². The van der Waals surface area contributed by atoms with Crippen LogP contribution in [-0.4, -0.2) is 44.9 Å². The van der Waals surface area contributed by atoms with Gasteiger partial charge in [-0.15, -0.1) is 0 Å². The van der Waals surface area contributed by atoms with Gasteiger partial charge in [0.2, 0.25) is 11.7 Å². The number of carboxylic acid groups (broad SMARTS) is 1. The number of aromatic carboxylic acids is 1. The largest absolute Gasteiger partial charge is 0.475 e. The van der Waals surface area contributed by atoms with Crippen molar-refractivity contribution in [1.82, 2.24) is 4.90 Å². The van der Waals surface area contributed by atoms with E-state index in [0.717, 1.165) is 32.4 Å². The highest BCUT2D eigenvalue weighted by Gasteiger charge is 2.19. The average molecular weight is 299 g/mol. The predicted molar refractivity (Wildman–Crippen MR) is 72.8 cm³/mol. The molecule has 0 saturated carbocycles. The molecule has 1 unspecified atom stereocenters. The van der Waals surface area contributed by atoms with E-state index in [1.54, 1.807) is 4.90 Å². The zero-order valence-corrected chi connectivity index (χ0v) is 11.9. The van der Waals surface area contributed by atoms with Crippen LogP contribution in [0.2, 0.25) is 0 Å². The first-order valence-corrected chi connectivity index (χ1v) is 8.00. The monoisotopic (exact) mass is 299 g/mol. The lowest BCUT2D eigenvalue weighted by molar-refractivity contribution is -0.129. The molecule has 1 atom stereocenters. The highest BCUT2D eigenvalue weighted by Crippen LogP contribution is 2.12. The van der Waals surface area contributed by atoms with Gasteiger partial charge in [0.15, 0.2) is 0 Å². The molecule has 1 aliphatic heterocycles. The lowest BCUT2D eigenvalue weighted by atomic mass is 10.1. The van der Waals surface area contributed by atoms with E-state index in [-0.39, 0.29) is 23.2 Å². The number of carboxylic acids is 1. The Morgan fingerprint density at radius 1 is 1.25 bits per heavy atom. The fourth-order valence-electron chi connectivity index (χ4n) is 2.15. The van der Waals surface area contributed by atoms with Crippen LogP contribution in [0.4, 0.5) is 0 Å². The minimum Gasteiger partial charge on any atom is -0.475 e. The molecule has 1 aromatic rings. The lowest BCUT2D eigenvalue weighted by Crippen LogP contribution is -2.38. The van der Waals surface area contributed by atoms with Crippen LogP contribution < -0.4 is 0 Å². The highest BCUT2D eigenvalue weighted by molar-refractivity contribution is 7.84. The number of hydrogen-bond acceptors (Lipinski definition) is 4. The van der Waals surface area contributed by atoms with Crippen molar-refractivity contribution < 1.29 is 23.3 Å². The predicted octanol–water partition coefficient (Wildman–Crippen LogP) is 1.24. The fourth-order valence-corrected chi connectivity index (χ4v) is 3.19. The molecule has 1 saturated heterocycles. The summed E-state index contributed by atoms with van der Waals surface area (Å²) < 4.78 is 16.9. The fraction of sp³-hybridized carbons (Fsp3) is 0.538. The van der Waals surface area contributed by atoms with Crippen LogP contribution >= 0.6 is 0 Å². The maximum atomic E-state index is 11.9. The van der Waals surface area contributed by atoms with Gasteiger partial charge >= 0.3 is 5.97 Å². The summed E-state index contributed by atoms with van der Waals surface area (Å²) in [5.41, 5.74) is 0. The number of piperidine rings is 1. The number of furan rings is 1. The molecule has 1 amide bonds. The molecule has 20 heavy (non-hydrogen) atoms. The van der Waals surface area contributed by atoms with Crippen LogP contribution in [0.25, 0.3) is 0 Å². The number of carbonyl (C=O) groups excluding carboxylic acids is 1. The molecule has 0 spiro atoms. The highest BCUT2D eigenvalue weighted by atomic mass is 32.2.